The molecule has 0 bridgehead atoms. The molecule has 0 atom stereocenters. The summed E-state index contributed by atoms with van der Waals surface area (Å²) in [6.07, 6.45) is 1.70. The van der Waals surface area contributed by atoms with Gasteiger partial charge < -0.3 is 9.88 Å². The van der Waals surface area contributed by atoms with E-state index >= 15 is 0 Å². The summed E-state index contributed by atoms with van der Waals surface area (Å²) in [5.41, 5.74) is 5.46. The molecule has 152 valence electrons. The Morgan fingerprint density at radius 2 is 1.67 bits per heavy atom. The number of urea groups is 1. The molecule has 1 aliphatic heterocycles. The van der Waals surface area contributed by atoms with Crippen LogP contribution in [0.5, 0.6) is 0 Å². The highest BCUT2D eigenvalue weighted by atomic mass is 35.5. The maximum Gasteiger partial charge on any atom is 0.333 e. The largest absolute Gasteiger partial charge is 0.333 e. The highest BCUT2D eigenvalue weighted by Crippen LogP contribution is 2.29. The summed E-state index contributed by atoms with van der Waals surface area (Å²) in [6, 6.07) is 13.8. The standard InChI is InChI=1S/C23H19Cl2N3O2/c1-13-7-8-18(25)12-21(13)27-14(2)9-16(15(27)3)10-20-22(29)28(23(30)26-20)19-6-4-5-17(24)11-19/h4-12H,1-3H3,(H,26,30)/b20-10+. The van der Waals surface area contributed by atoms with Gasteiger partial charge in [0.1, 0.15) is 5.70 Å². The Labute approximate surface area is 184 Å². The van der Waals surface area contributed by atoms with E-state index in [2.05, 4.69) is 9.88 Å². The van der Waals surface area contributed by atoms with Gasteiger partial charge in [-0.05, 0) is 74.4 Å². The molecule has 0 aliphatic carbocycles. The number of hydrogen-bond donors (Lipinski definition) is 1. The minimum atomic E-state index is -0.506. The van der Waals surface area contributed by atoms with Crippen molar-refractivity contribution in [1.29, 1.82) is 0 Å². The van der Waals surface area contributed by atoms with E-state index < -0.39 is 11.9 Å². The second kappa shape index (κ2) is 7.67. The van der Waals surface area contributed by atoms with E-state index in [1.54, 1.807) is 30.3 Å². The zero-order valence-electron chi connectivity index (χ0n) is 16.7. The van der Waals surface area contributed by atoms with Crippen molar-refractivity contribution in [1.82, 2.24) is 9.88 Å². The first kappa shape index (κ1) is 20.3. The first-order valence-electron chi connectivity index (χ1n) is 9.34. The van der Waals surface area contributed by atoms with Crippen LogP contribution in [0.3, 0.4) is 0 Å². The zero-order valence-corrected chi connectivity index (χ0v) is 18.2. The van der Waals surface area contributed by atoms with Crippen LogP contribution in [0.1, 0.15) is 22.5 Å². The number of nitrogens with zero attached hydrogens (tertiary/aromatic N) is 2. The predicted molar refractivity (Wildman–Crippen MR) is 120 cm³/mol. The van der Waals surface area contributed by atoms with Crippen molar-refractivity contribution in [2.75, 3.05) is 4.90 Å². The number of benzene rings is 2. The lowest BCUT2D eigenvalue weighted by atomic mass is 10.2. The van der Waals surface area contributed by atoms with Crippen molar-refractivity contribution in [3.8, 4) is 5.69 Å². The molecule has 1 fully saturated rings. The van der Waals surface area contributed by atoms with Crippen molar-refractivity contribution in [2.45, 2.75) is 20.8 Å². The molecule has 30 heavy (non-hydrogen) atoms. The van der Waals surface area contributed by atoms with E-state index in [0.717, 1.165) is 33.1 Å². The van der Waals surface area contributed by atoms with Crippen LogP contribution in [0, 0.1) is 20.8 Å². The van der Waals surface area contributed by atoms with Crippen LogP contribution in [0.2, 0.25) is 10.0 Å². The van der Waals surface area contributed by atoms with Crippen molar-refractivity contribution >= 4 is 46.9 Å². The van der Waals surface area contributed by atoms with Gasteiger partial charge in [-0.25, -0.2) is 9.69 Å². The molecule has 2 heterocycles. The van der Waals surface area contributed by atoms with Crippen LogP contribution < -0.4 is 10.2 Å². The molecule has 1 saturated heterocycles. The maximum absolute atomic E-state index is 12.9. The van der Waals surface area contributed by atoms with Gasteiger partial charge in [-0.3, -0.25) is 4.79 Å². The normalized spacial score (nSPS) is 15.2. The Morgan fingerprint density at radius 3 is 2.40 bits per heavy atom. The summed E-state index contributed by atoms with van der Waals surface area (Å²) in [4.78, 5) is 26.4. The summed E-state index contributed by atoms with van der Waals surface area (Å²) < 4.78 is 2.09. The lowest BCUT2D eigenvalue weighted by molar-refractivity contribution is -0.113. The fourth-order valence-electron chi connectivity index (χ4n) is 3.67. The number of nitrogens with one attached hydrogen (secondary N) is 1. The van der Waals surface area contributed by atoms with Crippen molar-refractivity contribution < 1.29 is 9.59 Å². The third kappa shape index (κ3) is 3.51. The topological polar surface area (TPSA) is 54.3 Å². The molecule has 2 aromatic carbocycles. The number of carbonyl (C=O) groups is 2. The Balaban J connectivity index is 1.73. The molecule has 1 aromatic heterocycles. The molecule has 1 aliphatic rings. The quantitative estimate of drug-likeness (QED) is 0.413. The van der Waals surface area contributed by atoms with E-state index in [9.17, 15) is 9.59 Å². The number of halogens is 2. The smallest absolute Gasteiger partial charge is 0.318 e. The molecule has 5 nitrogen and oxygen atoms in total. The number of aryl methyl sites for hydroxylation is 2. The predicted octanol–water partition coefficient (Wildman–Crippen LogP) is 5.81. The summed E-state index contributed by atoms with van der Waals surface area (Å²) >= 11 is 12.2. The molecule has 7 heteroatoms. The average Bonchev–Trinajstić information content (AvgIpc) is 3.12. The van der Waals surface area contributed by atoms with E-state index in [-0.39, 0.29) is 5.70 Å². The van der Waals surface area contributed by atoms with E-state index in [1.807, 2.05) is 45.0 Å². The molecular formula is C23H19Cl2N3O2. The number of amides is 3. The van der Waals surface area contributed by atoms with Crippen LogP contribution in [0.15, 0.2) is 54.2 Å². The van der Waals surface area contributed by atoms with Gasteiger partial charge in [-0.15, -0.1) is 0 Å². The molecule has 0 unspecified atom stereocenters. The van der Waals surface area contributed by atoms with Gasteiger partial charge in [-0.2, -0.15) is 0 Å². The van der Waals surface area contributed by atoms with E-state index in [1.165, 1.54) is 0 Å². The minimum Gasteiger partial charge on any atom is -0.318 e. The fourth-order valence-corrected chi connectivity index (χ4v) is 4.02. The number of rotatable bonds is 3. The molecule has 0 radical (unpaired) electrons. The Morgan fingerprint density at radius 1 is 0.933 bits per heavy atom. The lowest BCUT2D eigenvalue weighted by Gasteiger charge is -2.13. The SMILES string of the molecule is Cc1ccc(Cl)cc1-n1c(C)cc(/C=C2/NC(=O)N(c3cccc(Cl)c3)C2=O)c1C. The first-order chi connectivity index (χ1) is 14.3. The summed E-state index contributed by atoms with van der Waals surface area (Å²) in [7, 11) is 0. The third-order valence-electron chi connectivity index (χ3n) is 5.13. The fraction of sp³-hybridized carbons (Fsp3) is 0.130. The van der Waals surface area contributed by atoms with Gasteiger partial charge in [0.2, 0.25) is 0 Å². The monoisotopic (exact) mass is 439 g/mol. The van der Waals surface area contributed by atoms with Gasteiger partial charge in [0.05, 0.1) is 5.69 Å². The van der Waals surface area contributed by atoms with Gasteiger partial charge in [-0.1, -0.05) is 35.3 Å². The number of hydrogen-bond acceptors (Lipinski definition) is 2. The highest BCUT2D eigenvalue weighted by Gasteiger charge is 2.35. The summed E-state index contributed by atoms with van der Waals surface area (Å²) in [5.74, 6) is -0.425. The molecule has 0 spiro atoms. The lowest BCUT2D eigenvalue weighted by Crippen LogP contribution is -2.30. The van der Waals surface area contributed by atoms with Crippen LogP contribution in [0.4, 0.5) is 10.5 Å². The summed E-state index contributed by atoms with van der Waals surface area (Å²) in [5, 5.41) is 3.76. The Kier molecular flexibility index (Phi) is 5.18. The van der Waals surface area contributed by atoms with Gasteiger partial charge >= 0.3 is 6.03 Å². The van der Waals surface area contributed by atoms with Crippen LogP contribution >= 0.6 is 23.2 Å². The Hall–Kier alpha value is -3.02. The zero-order chi connectivity index (χ0) is 21.6. The second-order valence-electron chi connectivity index (χ2n) is 7.20. The van der Waals surface area contributed by atoms with Gasteiger partial charge in [0.25, 0.3) is 5.91 Å². The van der Waals surface area contributed by atoms with Crippen LogP contribution in [-0.4, -0.2) is 16.5 Å². The highest BCUT2D eigenvalue weighted by molar-refractivity contribution is 6.32. The molecule has 3 aromatic rings. The molecular weight excluding hydrogens is 421 g/mol. The second-order valence-corrected chi connectivity index (χ2v) is 8.07. The number of imide groups is 1. The van der Waals surface area contributed by atoms with Crippen LogP contribution in [-0.2, 0) is 4.79 Å². The van der Waals surface area contributed by atoms with Crippen molar-refractivity contribution in [3.05, 3.63) is 86.8 Å². The van der Waals surface area contributed by atoms with Crippen molar-refractivity contribution in [3.63, 3.8) is 0 Å². The maximum atomic E-state index is 12.9. The minimum absolute atomic E-state index is 0.211. The van der Waals surface area contributed by atoms with Gasteiger partial charge in [0, 0.05) is 27.1 Å². The van der Waals surface area contributed by atoms with Gasteiger partial charge in [0.15, 0.2) is 0 Å². The number of aromatic nitrogens is 1. The van der Waals surface area contributed by atoms with Crippen molar-refractivity contribution in [2.24, 2.45) is 0 Å². The van der Waals surface area contributed by atoms with E-state index in [4.69, 9.17) is 23.2 Å². The summed E-state index contributed by atoms with van der Waals surface area (Å²) in [6.45, 7) is 5.98. The third-order valence-corrected chi connectivity index (χ3v) is 5.60. The molecule has 1 N–H and O–H groups in total. The van der Waals surface area contributed by atoms with Crippen LogP contribution in [0.25, 0.3) is 11.8 Å². The molecule has 3 amide bonds. The average molecular weight is 440 g/mol. The number of carbonyl (C=O) groups excluding carboxylic acids is 2. The number of anilines is 1. The first-order valence-corrected chi connectivity index (χ1v) is 10.1. The Bertz CT molecular complexity index is 1230. The molecule has 4 rings (SSSR count). The van der Waals surface area contributed by atoms with E-state index in [0.29, 0.717) is 15.7 Å². The molecule has 0 saturated carbocycles.